The van der Waals surface area contributed by atoms with Gasteiger partial charge in [0.25, 0.3) is 0 Å². The minimum Gasteiger partial charge on any atom is -0.462 e. The molecule has 226 valence electrons. The maximum absolute atomic E-state index is 12.4. The van der Waals surface area contributed by atoms with E-state index in [2.05, 4.69) is 25.7 Å². The van der Waals surface area contributed by atoms with Crippen molar-refractivity contribution in [2.45, 2.75) is 168 Å². The number of carbonyl (C=O) groups excluding carboxylic acids is 2. The Labute approximate surface area is 237 Å². The van der Waals surface area contributed by atoms with E-state index in [1.165, 1.54) is 89.9 Å². The minimum absolute atomic E-state index is 0.153. The normalized spacial score (nSPS) is 12.3. The molecule has 0 heterocycles. The van der Waals surface area contributed by atoms with E-state index in [4.69, 9.17) is 9.47 Å². The fourth-order valence-electron chi connectivity index (χ4n) is 5.01. The van der Waals surface area contributed by atoms with Gasteiger partial charge in [-0.2, -0.15) is 0 Å². The second-order valence-electron chi connectivity index (χ2n) is 11.7. The molecular weight excluding hydrogens is 474 g/mol. The summed E-state index contributed by atoms with van der Waals surface area (Å²) >= 11 is 0. The van der Waals surface area contributed by atoms with E-state index < -0.39 is 0 Å². The van der Waals surface area contributed by atoms with Gasteiger partial charge in [-0.05, 0) is 52.2 Å². The van der Waals surface area contributed by atoms with Gasteiger partial charge in [0, 0.05) is 12.8 Å². The monoisotopic (exact) mass is 539 g/mol. The van der Waals surface area contributed by atoms with Crippen LogP contribution in [0, 0.1) is 5.92 Å². The van der Waals surface area contributed by atoms with Crippen molar-refractivity contribution in [1.29, 1.82) is 0 Å². The number of esters is 2. The third kappa shape index (κ3) is 25.2. The first kappa shape index (κ1) is 36.9. The van der Waals surface area contributed by atoms with Crippen LogP contribution in [-0.2, 0) is 19.1 Å². The molecule has 1 unspecified atom stereocenters. The summed E-state index contributed by atoms with van der Waals surface area (Å²) in [6.07, 6.45) is 24.6. The summed E-state index contributed by atoms with van der Waals surface area (Å²) in [6.45, 7) is 7.87. The second-order valence-corrected chi connectivity index (χ2v) is 11.7. The Kier molecular flexibility index (Phi) is 26.7. The summed E-state index contributed by atoms with van der Waals surface area (Å²) in [6, 6.07) is 0. The van der Waals surface area contributed by atoms with Crippen molar-refractivity contribution in [3.8, 4) is 0 Å². The number of unbranched alkanes of at least 4 members (excludes halogenated alkanes) is 13. The molecule has 5 nitrogen and oxygen atoms in total. The molecule has 0 N–H and O–H groups in total. The molecule has 0 bridgehead atoms. The highest BCUT2D eigenvalue weighted by Gasteiger charge is 2.17. The Morgan fingerprint density at radius 2 is 1.11 bits per heavy atom. The molecular formula is C33H65NO4. The van der Waals surface area contributed by atoms with Crippen LogP contribution in [0.15, 0.2) is 0 Å². The molecule has 0 saturated carbocycles. The summed E-state index contributed by atoms with van der Waals surface area (Å²) in [5, 5.41) is 0. The summed E-state index contributed by atoms with van der Waals surface area (Å²) < 4.78 is 11.3. The number of hydrogen-bond acceptors (Lipinski definition) is 5. The molecule has 0 aromatic heterocycles. The summed E-state index contributed by atoms with van der Waals surface area (Å²) in [7, 11) is 4.01. The Morgan fingerprint density at radius 3 is 1.66 bits per heavy atom. The highest BCUT2D eigenvalue weighted by Crippen LogP contribution is 2.18. The lowest BCUT2D eigenvalue weighted by atomic mass is 9.95. The minimum atomic E-state index is -0.319. The van der Waals surface area contributed by atoms with Crippen LogP contribution < -0.4 is 0 Å². The average Bonchev–Trinajstić information content (AvgIpc) is 2.89. The summed E-state index contributed by atoms with van der Waals surface area (Å²) in [4.78, 5) is 26.7. The second kappa shape index (κ2) is 27.5. The molecule has 0 aromatic rings. The van der Waals surface area contributed by atoms with E-state index in [-0.39, 0.29) is 24.6 Å². The van der Waals surface area contributed by atoms with Crippen LogP contribution in [0.25, 0.3) is 0 Å². The maximum atomic E-state index is 12.4. The third-order valence-corrected chi connectivity index (χ3v) is 7.74. The average molecular weight is 540 g/mol. The van der Waals surface area contributed by atoms with Crippen LogP contribution >= 0.6 is 0 Å². The number of nitrogens with zero attached hydrogens (tertiary/aromatic N) is 1. The van der Waals surface area contributed by atoms with Crippen LogP contribution in [0.4, 0.5) is 0 Å². The van der Waals surface area contributed by atoms with Crippen LogP contribution in [-0.4, -0.2) is 50.2 Å². The Balaban J connectivity index is 4.11. The molecule has 0 spiro atoms. The van der Waals surface area contributed by atoms with Gasteiger partial charge in [0.05, 0.1) is 0 Å². The molecule has 0 rings (SSSR count). The van der Waals surface area contributed by atoms with Gasteiger partial charge in [0.2, 0.25) is 0 Å². The molecule has 0 amide bonds. The molecule has 1 atom stereocenters. The lowest BCUT2D eigenvalue weighted by Crippen LogP contribution is -2.26. The van der Waals surface area contributed by atoms with Crippen molar-refractivity contribution < 1.29 is 19.1 Å². The maximum Gasteiger partial charge on any atom is 0.306 e. The van der Waals surface area contributed by atoms with Crippen molar-refractivity contribution in [2.75, 3.05) is 27.2 Å². The van der Waals surface area contributed by atoms with E-state index in [9.17, 15) is 9.59 Å². The highest BCUT2D eigenvalue weighted by atomic mass is 16.6. The van der Waals surface area contributed by atoms with Crippen LogP contribution in [0.1, 0.15) is 162 Å². The van der Waals surface area contributed by atoms with Gasteiger partial charge < -0.3 is 14.4 Å². The first-order valence-electron chi connectivity index (χ1n) is 16.4. The van der Waals surface area contributed by atoms with Gasteiger partial charge in [-0.15, -0.1) is 0 Å². The van der Waals surface area contributed by atoms with Crippen molar-refractivity contribution >= 4 is 11.9 Å². The number of rotatable bonds is 28. The SMILES string of the molecule is CCCCCCCCCCCCCCC(=O)OCC(CCCCCC(CC)CC)OC(=O)CCCN(C)C. The molecule has 0 aromatic carbocycles. The number of carbonyl (C=O) groups is 2. The molecule has 5 heteroatoms. The smallest absolute Gasteiger partial charge is 0.306 e. The summed E-state index contributed by atoms with van der Waals surface area (Å²) in [5.41, 5.74) is 0. The molecule has 0 aliphatic heterocycles. The largest absolute Gasteiger partial charge is 0.462 e. The fourth-order valence-corrected chi connectivity index (χ4v) is 5.01. The van der Waals surface area contributed by atoms with Crippen molar-refractivity contribution in [2.24, 2.45) is 5.92 Å². The third-order valence-electron chi connectivity index (χ3n) is 7.74. The van der Waals surface area contributed by atoms with Crippen LogP contribution in [0.3, 0.4) is 0 Å². The van der Waals surface area contributed by atoms with E-state index >= 15 is 0 Å². The molecule has 0 radical (unpaired) electrons. The van der Waals surface area contributed by atoms with Crippen molar-refractivity contribution in [1.82, 2.24) is 4.90 Å². The molecule has 0 aliphatic rings. The fraction of sp³-hybridized carbons (Fsp3) is 0.939. The van der Waals surface area contributed by atoms with Gasteiger partial charge in [0.1, 0.15) is 12.7 Å². The Bertz CT molecular complexity index is 533. The molecule has 0 saturated heterocycles. The predicted molar refractivity (Wildman–Crippen MR) is 161 cm³/mol. The van der Waals surface area contributed by atoms with Gasteiger partial charge in [-0.25, -0.2) is 0 Å². The lowest BCUT2D eigenvalue weighted by molar-refractivity contribution is -0.159. The Morgan fingerprint density at radius 1 is 0.605 bits per heavy atom. The van der Waals surface area contributed by atoms with Gasteiger partial charge in [0.15, 0.2) is 0 Å². The number of ether oxygens (including phenoxy) is 2. The van der Waals surface area contributed by atoms with Crippen molar-refractivity contribution in [3.05, 3.63) is 0 Å². The van der Waals surface area contributed by atoms with E-state index in [0.29, 0.717) is 12.8 Å². The molecule has 0 fully saturated rings. The highest BCUT2D eigenvalue weighted by molar-refractivity contribution is 5.70. The van der Waals surface area contributed by atoms with Crippen molar-refractivity contribution in [3.63, 3.8) is 0 Å². The van der Waals surface area contributed by atoms with E-state index in [0.717, 1.165) is 51.0 Å². The first-order chi connectivity index (χ1) is 18.4. The zero-order valence-corrected chi connectivity index (χ0v) is 26.2. The quantitative estimate of drug-likeness (QED) is 0.0732. The van der Waals surface area contributed by atoms with E-state index in [1.54, 1.807) is 0 Å². The molecule has 38 heavy (non-hydrogen) atoms. The zero-order valence-electron chi connectivity index (χ0n) is 26.2. The van der Waals surface area contributed by atoms with Crippen LogP contribution in [0.2, 0.25) is 0 Å². The lowest BCUT2D eigenvalue weighted by Gasteiger charge is -2.19. The summed E-state index contributed by atoms with van der Waals surface area (Å²) in [5.74, 6) is 0.493. The Hall–Kier alpha value is -1.10. The topological polar surface area (TPSA) is 55.8 Å². The first-order valence-corrected chi connectivity index (χ1v) is 16.4. The van der Waals surface area contributed by atoms with E-state index in [1.807, 2.05) is 14.1 Å². The molecule has 0 aliphatic carbocycles. The number of hydrogen-bond donors (Lipinski definition) is 0. The zero-order chi connectivity index (χ0) is 28.3. The van der Waals surface area contributed by atoms with Gasteiger partial charge >= 0.3 is 11.9 Å². The van der Waals surface area contributed by atoms with Gasteiger partial charge in [-0.1, -0.05) is 124 Å². The standard InChI is InChI=1S/C33H65NO4/c1-6-9-10-11-12-13-14-15-16-17-18-22-26-32(35)37-29-31(38-33(36)27-23-28-34(4)5)25-21-19-20-24-30(7-2)8-3/h30-31H,6-29H2,1-5H3. The van der Waals surface area contributed by atoms with Crippen LogP contribution in [0.5, 0.6) is 0 Å². The predicted octanol–water partition coefficient (Wildman–Crippen LogP) is 9.26. The van der Waals surface area contributed by atoms with Gasteiger partial charge in [-0.3, -0.25) is 9.59 Å².